The number of carbonyl (C=O) groups is 2. The van der Waals surface area contributed by atoms with Crippen molar-refractivity contribution < 1.29 is 14.4 Å². The maximum Gasteiger partial charge on any atom is 0.253 e. The zero-order valence-corrected chi connectivity index (χ0v) is 9.71. The molecule has 0 spiro atoms. The molecule has 86 valence electrons. The van der Waals surface area contributed by atoms with E-state index in [2.05, 4.69) is 13.2 Å². The standard InChI is InChI=1S/C9H15NO3.C2H4/c1-9(2,3)13-10-5-4-7(11)6-8(10)12;1-2/h4-6H2,1-3H3;1-2H2. The molecule has 0 unspecified atom stereocenters. The summed E-state index contributed by atoms with van der Waals surface area (Å²) in [5.74, 6) is -0.232. The van der Waals surface area contributed by atoms with Gasteiger partial charge in [-0.2, -0.15) is 0 Å². The van der Waals surface area contributed by atoms with Crippen LogP contribution in [0.1, 0.15) is 33.6 Å². The Balaban J connectivity index is 0.000000921. The monoisotopic (exact) mass is 213 g/mol. The average molecular weight is 213 g/mol. The summed E-state index contributed by atoms with van der Waals surface area (Å²) < 4.78 is 0. The van der Waals surface area contributed by atoms with Crippen LogP contribution in [0.25, 0.3) is 0 Å². The van der Waals surface area contributed by atoms with Crippen LogP contribution < -0.4 is 0 Å². The van der Waals surface area contributed by atoms with E-state index in [1.165, 1.54) is 5.06 Å². The molecule has 0 aromatic rings. The Hall–Kier alpha value is -1.16. The summed E-state index contributed by atoms with van der Waals surface area (Å²) in [6, 6.07) is 0. The SMILES string of the molecule is C=C.CC(C)(C)ON1CCC(=O)CC1=O. The van der Waals surface area contributed by atoms with Gasteiger partial charge in [0.15, 0.2) is 0 Å². The molecule has 1 fully saturated rings. The van der Waals surface area contributed by atoms with E-state index >= 15 is 0 Å². The lowest BCUT2D eigenvalue weighted by Gasteiger charge is -2.31. The van der Waals surface area contributed by atoms with Gasteiger partial charge in [-0.05, 0) is 20.8 Å². The second-order valence-corrected chi connectivity index (χ2v) is 4.16. The topological polar surface area (TPSA) is 46.6 Å². The summed E-state index contributed by atoms with van der Waals surface area (Å²) in [7, 11) is 0. The fraction of sp³-hybridized carbons (Fsp3) is 0.636. The Bertz CT molecular complexity index is 243. The van der Waals surface area contributed by atoms with Crippen molar-refractivity contribution in [1.29, 1.82) is 0 Å². The van der Waals surface area contributed by atoms with Crippen LogP contribution in [0, 0.1) is 0 Å². The van der Waals surface area contributed by atoms with E-state index < -0.39 is 0 Å². The molecule has 4 nitrogen and oxygen atoms in total. The molecule has 0 bridgehead atoms. The third kappa shape index (κ3) is 5.32. The summed E-state index contributed by atoms with van der Waals surface area (Å²) in [6.45, 7) is 12.0. The predicted molar refractivity (Wildman–Crippen MR) is 58.0 cm³/mol. The van der Waals surface area contributed by atoms with Gasteiger partial charge in [-0.25, -0.2) is 5.06 Å². The van der Waals surface area contributed by atoms with Gasteiger partial charge < -0.3 is 0 Å². The molecule has 1 aliphatic rings. The molecule has 1 saturated heterocycles. The van der Waals surface area contributed by atoms with Gasteiger partial charge in [0.2, 0.25) is 0 Å². The van der Waals surface area contributed by atoms with Crippen LogP contribution in [0.2, 0.25) is 0 Å². The first-order chi connectivity index (χ1) is 6.88. The zero-order chi connectivity index (χ0) is 12.1. The molecule has 0 aliphatic carbocycles. The summed E-state index contributed by atoms with van der Waals surface area (Å²) in [5, 5.41) is 1.29. The Kier molecular flexibility index (Phi) is 5.22. The van der Waals surface area contributed by atoms with Crippen LogP contribution in [-0.4, -0.2) is 28.9 Å². The number of hydrogen-bond donors (Lipinski definition) is 0. The predicted octanol–water partition coefficient (Wildman–Crippen LogP) is 1.71. The quantitative estimate of drug-likeness (QED) is 0.492. The molecule has 1 heterocycles. The summed E-state index contributed by atoms with van der Waals surface area (Å²) in [4.78, 5) is 27.5. The number of nitrogens with zero attached hydrogens (tertiary/aromatic N) is 1. The molecule has 0 N–H and O–H groups in total. The van der Waals surface area contributed by atoms with Gasteiger partial charge in [-0.3, -0.25) is 14.4 Å². The van der Waals surface area contributed by atoms with Crippen molar-refractivity contribution in [1.82, 2.24) is 5.06 Å². The van der Waals surface area contributed by atoms with Crippen LogP contribution in [-0.2, 0) is 14.4 Å². The van der Waals surface area contributed by atoms with Gasteiger partial charge in [-0.1, -0.05) is 0 Å². The largest absolute Gasteiger partial charge is 0.299 e. The number of carbonyl (C=O) groups excluding carboxylic acids is 2. The second kappa shape index (κ2) is 5.66. The number of hydrogen-bond acceptors (Lipinski definition) is 3. The minimum absolute atomic E-state index is 0.00115. The first-order valence-electron chi connectivity index (χ1n) is 4.90. The molecule has 4 heteroatoms. The zero-order valence-electron chi connectivity index (χ0n) is 9.71. The fourth-order valence-corrected chi connectivity index (χ4v) is 1.12. The third-order valence-corrected chi connectivity index (χ3v) is 1.60. The highest BCUT2D eigenvalue weighted by Crippen LogP contribution is 2.15. The summed E-state index contributed by atoms with van der Waals surface area (Å²) in [5.41, 5.74) is -0.379. The highest BCUT2D eigenvalue weighted by molar-refractivity contribution is 5.99. The van der Waals surface area contributed by atoms with E-state index in [1.54, 1.807) is 0 Å². The molecule has 0 aromatic heterocycles. The number of ketones is 1. The minimum atomic E-state index is -0.379. The van der Waals surface area contributed by atoms with Crippen molar-refractivity contribution in [2.75, 3.05) is 6.54 Å². The Morgan fingerprint density at radius 1 is 1.27 bits per heavy atom. The van der Waals surface area contributed by atoms with Crippen LogP contribution in [0.15, 0.2) is 13.2 Å². The lowest BCUT2D eigenvalue weighted by Crippen LogP contribution is -2.43. The normalized spacial score (nSPS) is 17.1. The molecular weight excluding hydrogens is 194 g/mol. The van der Waals surface area contributed by atoms with Crippen molar-refractivity contribution in [2.24, 2.45) is 0 Å². The molecule has 0 saturated carbocycles. The molecular formula is C11H19NO3. The molecule has 1 aliphatic heterocycles. The second-order valence-electron chi connectivity index (χ2n) is 4.16. The van der Waals surface area contributed by atoms with Crippen LogP contribution in [0.5, 0.6) is 0 Å². The average Bonchev–Trinajstić information content (AvgIpc) is 2.12. The molecule has 15 heavy (non-hydrogen) atoms. The molecule has 0 aromatic carbocycles. The van der Waals surface area contributed by atoms with E-state index in [0.29, 0.717) is 13.0 Å². The highest BCUT2D eigenvalue weighted by Gasteiger charge is 2.27. The molecule has 1 amide bonds. The van der Waals surface area contributed by atoms with Gasteiger partial charge in [0, 0.05) is 6.42 Å². The Morgan fingerprint density at radius 2 is 1.80 bits per heavy atom. The molecule has 0 atom stereocenters. The van der Waals surface area contributed by atoms with Crippen LogP contribution in [0.4, 0.5) is 0 Å². The van der Waals surface area contributed by atoms with Gasteiger partial charge in [0.25, 0.3) is 5.91 Å². The van der Waals surface area contributed by atoms with E-state index in [-0.39, 0.29) is 23.7 Å². The summed E-state index contributed by atoms with van der Waals surface area (Å²) >= 11 is 0. The number of rotatable bonds is 1. The van der Waals surface area contributed by atoms with Crippen LogP contribution in [0.3, 0.4) is 0 Å². The molecule has 0 radical (unpaired) electrons. The lowest BCUT2D eigenvalue weighted by atomic mass is 10.1. The van der Waals surface area contributed by atoms with Crippen LogP contribution >= 0.6 is 0 Å². The lowest BCUT2D eigenvalue weighted by molar-refractivity contribution is -0.230. The van der Waals surface area contributed by atoms with Crippen molar-refractivity contribution >= 4 is 11.7 Å². The third-order valence-electron chi connectivity index (χ3n) is 1.60. The maximum absolute atomic E-state index is 11.3. The van der Waals surface area contributed by atoms with E-state index in [0.717, 1.165) is 0 Å². The highest BCUT2D eigenvalue weighted by atomic mass is 16.7. The van der Waals surface area contributed by atoms with Gasteiger partial charge in [-0.15, -0.1) is 13.2 Å². The fourth-order valence-electron chi connectivity index (χ4n) is 1.12. The number of amides is 1. The van der Waals surface area contributed by atoms with E-state index in [1.807, 2.05) is 20.8 Å². The van der Waals surface area contributed by atoms with Gasteiger partial charge in [0.1, 0.15) is 5.78 Å². The minimum Gasteiger partial charge on any atom is -0.299 e. The summed E-state index contributed by atoms with van der Waals surface area (Å²) in [6.07, 6.45) is 0.387. The first-order valence-corrected chi connectivity index (χ1v) is 4.90. The van der Waals surface area contributed by atoms with E-state index in [4.69, 9.17) is 4.84 Å². The van der Waals surface area contributed by atoms with E-state index in [9.17, 15) is 9.59 Å². The van der Waals surface area contributed by atoms with Crippen molar-refractivity contribution in [2.45, 2.75) is 39.2 Å². The maximum atomic E-state index is 11.3. The number of Topliss-reactive ketones (excluding diaryl/α,β-unsaturated/α-hetero) is 1. The van der Waals surface area contributed by atoms with Crippen molar-refractivity contribution in [3.05, 3.63) is 13.2 Å². The Morgan fingerprint density at radius 3 is 2.20 bits per heavy atom. The smallest absolute Gasteiger partial charge is 0.253 e. The van der Waals surface area contributed by atoms with Gasteiger partial charge in [0.05, 0.1) is 18.6 Å². The Labute approximate surface area is 90.8 Å². The van der Waals surface area contributed by atoms with Gasteiger partial charge >= 0.3 is 0 Å². The first kappa shape index (κ1) is 13.8. The molecule has 1 rings (SSSR count). The van der Waals surface area contributed by atoms with Crippen molar-refractivity contribution in [3.63, 3.8) is 0 Å². The number of hydroxylamine groups is 2. The number of piperidine rings is 1. The van der Waals surface area contributed by atoms with Crippen molar-refractivity contribution in [3.8, 4) is 0 Å².